The minimum absolute atomic E-state index is 0.209. The molecule has 2 aromatic carbocycles. The summed E-state index contributed by atoms with van der Waals surface area (Å²) < 4.78 is 5.28. The van der Waals surface area contributed by atoms with E-state index in [1.807, 2.05) is 19.1 Å². The van der Waals surface area contributed by atoms with Crippen LogP contribution in [0.1, 0.15) is 5.56 Å². The van der Waals surface area contributed by atoms with E-state index < -0.39 is 0 Å². The second-order valence-electron chi connectivity index (χ2n) is 4.43. The van der Waals surface area contributed by atoms with Crippen molar-refractivity contribution < 1.29 is 9.63 Å². The van der Waals surface area contributed by atoms with Gasteiger partial charge in [-0.15, -0.1) is 0 Å². The van der Waals surface area contributed by atoms with Gasteiger partial charge in [0.2, 0.25) is 5.82 Å². The van der Waals surface area contributed by atoms with E-state index in [2.05, 4.69) is 10.1 Å². The van der Waals surface area contributed by atoms with Crippen molar-refractivity contribution in [3.63, 3.8) is 0 Å². The number of hydrogen-bond acceptors (Lipinski definition) is 4. The lowest BCUT2D eigenvalue weighted by Gasteiger charge is -2.00. The van der Waals surface area contributed by atoms with Gasteiger partial charge in [0.1, 0.15) is 5.75 Å². The Morgan fingerprint density at radius 3 is 2.75 bits per heavy atom. The van der Waals surface area contributed by atoms with E-state index in [0.717, 1.165) is 16.7 Å². The zero-order chi connectivity index (χ0) is 14.1. The molecule has 0 radical (unpaired) electrons. The lowest BCUT2D eigenvalue weighted by Crippen LogP contribution is -1.84. The van der Waals surface area contributed by atoms with Gasteiger partial charge in [-0.05, 0) is 42.8 Å². The molecule has 100 valence electrons. The second kappa shape index (κ2) is 4.98. The average molecular weight is 287 g/mol. The molecule has 0 saturated heterocycles. The van der Waals surface area contributed by atoms with Crippen molar-refractivity contribution >= 4 is 11.6 Å². The van der Waals surface area contributed by atoms with Gasteiger partial charge in [0.05, 0.1) is 0 Å². The first-order valence-electron chi connectivity index (χ1n) is 6.03. The summed E-state index contributed by atoms with van der Waals surface area (Å²) in [6.45, 7) is 1.87. The first kappa shape index (κ1) is 12.7. The standard InChI is InChI=1S/C15H11ClN2O2/c1-9-7-12(19)5-6-13(9)15-17-14(18-20-15)10-3-2-4-11(16)8-10/h2-8,19H,1H3. The van der Waals surface area contributed by atoms with Crippen molar-refractivity contribution in [2.24, 2.45) is 0 Å². The van der Waals surface area contributed by atoms with Crippen molar-refractivity contribution in [1.82, 2.24) is 10.1 Å². The third-order valence-corrected chi connectivity index (χ3v) is 3.18. The van der Waals surface area contributed by atoms with Crippen LogP contribution in [0.25, 0.3) is 22.8 Å². The molecule has 0 amide bonds. The fourth-order valence-electron chi connectivity index (χ4n) is 1.97. The van der Waals surface area contributed by atoms with E-state index >= 15 is 0 Å². The summed E-state index contributed by atoms with van der Waals surface area (Å²) in [5, 5.41) is 14.0. The number of phenolic OH excluding ortho intramolecular Hbond substituents is 1. The normalized spacial score (nSPS) is 10.7. The third-order valence-electron chi connectivity index (χ3n) is 2.95. The molecule has 1 heterocycles. The summed E-state index contributed by atoms with van der Waals surface area (Å²) in [6, 6.07) is 12.3. The first-order valence-corrected chi connectivity index (χ1v) is 6.41. The highest BCUT2D eigenvalue weighted by Gasteiger charge is 2.13. The fourth-order valence-corrected chi connectivity index (χ4v) is 2.16. The molecule has 5 heteroatoms. The highest BCUT2D eigenvalue weighted by Crippen LogP contribution is 2.27. The van der Waals surface area contributed by atoms with E-state index in [0.29, 0.717) is 16.7 Å². The molecule has 0 unspecified atom stereocenters. The van der Waals surface area contributed by atoms with E-state index in [-0.39, 0.29) is 5.75 Å². The van der Waals surface area contributed by atoms with Crippen LogP contribution in [-0.4, -0.2) is 15.2 Å². The smallest absolute Gasteiger partial charge is 0.258 e. The Labute approximate surface area is 120 Å². The SMILES string of the molecule is Cc1cc(O)ccc1-c1nc(-c2cccc(Cl)c2)no1. The van der Waals surface area contributed by atoms with Crippen LogP contribution < -0.4 is 0 Å². The van der Waals surface area contributed by atoms with Gasteiger partial charge in [0.25, 0.3) is 5.89 Å². The number of aryl methyl sites for hydroxylation is 1. The van der Waals surface area contributed by atoms with Crippen LogP contribution in [0.5, 0.6) is 5.75 Å². The van der Waals surface area contributed by atoms with E-state index in [4.69, 9.17) is 16.1 Å². The molecule has 20 heavy (non-hydrogen) atoms. The van der Waals surface area contributed by atoms with Crippen molar-refractivity contribution in [1.29, 1.82) is 0 Å². The van der Waals surface area contributed by atoms with Gasteiger partial charge < -0.3 is 9.63 Å². The van der Waals surface area contributed by atoms with Crippen LogP contribution in [-0.2, 0) is 0 Å². The maximum atomic E-state index is 9.42. The summed E-state index contributed by atoms with van der Waals surface area (Å²) >= 11 is 5.95. The van der Waals surface area contributed by atoms with Crippen molar-refractivity contribution in [2.75, 3.05) is 0 Å². The third kappa shape index (κ3) is 2.38. The van der Waals surface area contributed by atoms with Crippen LogP contribution >= 0.6 is 11.6 Å². The number of rotatable bonds is 2. The van der Waals surface area contributed by atoms with Crippen LogP contribution in [0, 0.1) is 6.92 Å². The summed E-state index contributed by atoms with van der Waals surface area (Å²) in [6.07, 6.45) is 0. The molecule has 1 aromatic heterocycles. The lowest BCUT2D eigenvalue weighted by molar-refractivity contribution is 0.432. The van der Waals surface area contributed by atoms with Gasteiger partial charge in [0.15, 0.2) is 0 Å². The predicted octanol–water partition coefficient (Wildman–Crippen LogP) is 4.07. The highest BCUT2D eigenvalue weighted by molar-refractivity contribution is 6.30. The molecule has 0 aliphatic carbocycles. The number of halogens is 1. The molecule has 3 rings (SSSR count). The minimum Gasteiger partial charge on any atom is -0.508 e. The Balaban J connectivity index is 2.02. The Morgan fingerprint density at radius 2 is 2.00 bits per heavy atom. The van der Waals surface area contributed by atoms with E-state index in [9.17, 15) is 5.11 Å². The van der Waals surface area contributed by atoms with Crippen molar-refractivity contribution in [2.45, 2.75) is 6.92 Å². The molecule has 0 spiro atoms. The van der Waals surface area contributed by atoms with Crippen LogP contribution in [0.3, 0.4) is 0 Å². The molecular formula is C15H11ClN2O2. The van der Waals surface area contributed by atoms with Crippen molar-refractivity contribution in [3.05, 3.63) is 53.1 Å². The molecule has 0 fully saturated rings. The minimum atomic E-state index is 0.209. The molecule has 0 bridgehead atoms. The van der Waals surface area contributed by atoms with Crippen molar-refractivity contribution in [3.8, 4) is 28.6 Å². The zero-order valence-electron chi connectivity index (χ0n) is 10.7. The predicted molar refractivity (Wildman–Crippen MR) is 76.6 cm³/mol. The molecule has 3 aromatic rings. The lowest BCUT2D eigenvalue weighted by atomic mass is 10.1. The van der Waals surface area contributed by atoms with Gasteiger partial charge in [0, 0.05) is 16.1 Å². The van der Waals surface area contributed by atoms with E-state index in [1.165, 1.54) is 0 Å². The largest absolute Gasteiger partial charge is 0.508 e. The zero-order valence-corrected chi connectivity index (χ0v) is 11.4. The molecule has 0 aliphatic rings. The summed E-state index contributed by atoms with van der Waals surface area (Å²) in [4.78, 5) is 4.36. The van der Waals surface area contributed by atoms with Gasteiger partial charge in [-0.3, -0.25) is 0 Å². The quantitative estimate of drug-likeness (QED) is 0.771. The van der Waals surface area contributed by atoms with Crippen LogP contribution in [0.4, 0.5) is 0 Å². The molecule has 0 atom stereocenters. The number of phenols is 1. The summed E-state index contributed by atoms with van der Waals surface area (Å²) in [5.74, 6) is 1.10. The molecular weight excluding hydrogens is 276 g/mol. The fraction of sp³-hybridized carbons (Fsp3) is 0.0667. The van der Waals surface area contributed by atoms with Gasteiger partial charge in [-0.1, -0.05) is 28.9 Å². The van der Waals surface area contributed by atoms with Gasteiger partial charge >= 0.3 is 0 Å². The first-order chi connectivity index (χ1) is 9.63. The molecule has 1 N–H and O–H groups in total. The Morgan fingerprint density at radius 1 is 1.15 bits per heavy atom. The van der Waals surface area contributed by atoms with E-state index in [1.54, 1.807) is 30.3 Å². The molecule has 0 aliphatic heterocycles. The monoisotopic (exact) mass is 286 g/mol. The summed E-state index contributed by atoms with van der Waals surface area (Å²) in [5.41, 5.74) is 2.46. The maximum absolute atomic E-state index is 9.42. The number of benzene rings is 2. The Bertz CT molecular complexity index is 768. The molecule has 4 nitrogen and oxygen atoms in total. The Kier molecular flexibility index (Phi) is 3.16. The highest BCUT2D eigenvalue weighted by atomic mass is 35.5. The maximum Gasteiger partial charge on any atom is 0.258 e. The van der Waals surface area contributed by atoms with Crippen LogP contribution in [0.15, 0.2) is 47.0 Å². The molecule has 0 saturated carbocycles. The second-order valence-corrected chi connectivity index (χ2v) is 4.87. The number of nitrogens with zero attached hydrogens (tertiary/aromatic N) is 2. The topological polar surface area (TPSA) is 59.2 Å². The van der Waals surface area contributed by atoms with Gasteiger partial charge in [-0.2, -0.15) is 4.98 Å². The van der Waals surface area contributed by atoms with Crippen LogP contribution in [0.2, 0.25) is 5.02 Å². The number of aromatic nitrogens is 2. The van der Waals surface area contributed by atoms with Gasteiger partial charge in [-0.25, -0.2) is 0 Å². The average Bonchev–Trinajstić information content (AvgIpc) is 2.88. The number of hydrogen-bond donors (Lipinski definition) is 1. The Hall–Kier alpha value is -2.33. The number of aromatic hydroxyl groups is 1. The summed E-state index contributed by atoms with van der Waals surface area (Å²) in [7, 11) is 0.